The number of halogens is 1. The second-order valence-electron chi connectivity index (χ2n) is 4.28. The molecule has 0 radical (unpaired) electrons. The third kappa shape index (κ3) is 3.17. The van der Waals surface area contributed by atoms with E-state index in [1.165, 1.54) is 24.2 Å². The van der Waals surface area contributed by atoms with Crippen molar-refractivity contribution in [2.45, 2.75) is 25.9 Å². The lowest BCUT2D eigenvalue weighted by Gasteiger charge is -2.16. The molecule has 90 valence electrons. The first-order valence-corrected chi connectivity index (χ1v) is 5.59. The summed E-state index contributed by atoms with van der Waals surface area (Å²) >= 11 is 0. The van der Waals surface area contributed by atoms with Gasteiger partial charge in [0.15, 0.2) is 0 Å². The molecule has 0 spiro atoms. The molecule has 0 saturated carbocycles. The third-order valence-corrected chi connectivity index (χ3v) is 3.17. The van der Waals surface area contributed by atoms with Crippen LogP contribution >= 0.6 is 12.4 Å². The van der Waals surface area contributed by atoms with Gasteiger partial charge >= 0.3 is 0 Å². The van der Waals surface area contributed by atoms with Gasteiger partial charge in [0, 0.05) is 31.9 Å². The number of pyridine rings is 1. The Labute approximate surface area is 104 Å². The van der Waals surface area contributed by atoms with Gasteiger partial charge in [0.25, 0.3) is 0 Å². The highest BCUT2D eigenvalue weighted by atomic mass is 35.5. The minimum Gasteiger partial charge on any atom is -0.316 e. The van der Waals surface area contributed by atoms with Crippen molar-refractivity contribution in [1.29, 1.82) is 0 Å². The maximum absolute atomic E-state index is 4.43. The highest BCUT2D eigenvalue weighted by molar-refractivity contribution is 5.85. The molecular weight excluding hydrogens is 222 g/mol. The number of likely N-dealkylation sites (tertiary alicyclic amines) is 1. The predicted octanol–water partition coefficient (Wildman–Crippen LogP) is 1.61. The molecule has 1 N–H and O–H groups in total. The third-order valence-electron chi connectivity index (χ3n) is 3.17. The van der Waals surface area contributed by atoms with Gasteiger partial charge in [-0.25, -0.2) is 0 Å². The molecule has 16 heavy (non-hydrogen) atoms. The maximum atomic E-state index is 4.43. The van der Waals surface area contributed by atoms with E-state index in [4.69, 9.17) is 0 Å². The van der Waals surface area contributed by atoms with E-state index in [0.29, 0.717) is 6.04 Å². The molecule has 1 atom stereocenters. The molecule has 4 heteroatoms. The van der Waals surface area contributed by atoms with E-state index in [0.717, 1.165) is 13.1 Å². The molecule has 0 aliphatic carbocycles. The van der Waals surface area contributed by atoms with Gasteiger partial charge < -0.3 is 5.32 Å². The Morgan fingerprint density at radius 3 is 3.00 bits per heavy atom. The highest BCUT2D eigenvalue weighted by Gasteiger charge is 2.21. The fourth-order valence-corrected chi connectivity index (χ4v) is 2.11. The summed E-state index contributed by atoms with van der Waals surface area (Å²) in [5.74, 6) is 0. The summed E-state index contributed by atoms with van der Waals surface area (Å²) < 4.78 is 0. The Kier molecular flexibility index (Phi) is 5.19. The molecule has 1 unspecified atom stereocenters. The summed E-state index contributed by atoms with van der Waals surface area (Å²) in [6.45, 7) is 5.45. The van der Waals surface area contributed by atoms with Gasteiger partial charge in [0.05, 0.1) is 5.69 Å². The zero-order valence-electron chi connectivity index (χ0n) is 9.94. The second-order valence-corrected chi connectivity index (χ2v) is 4.28. The summed E-state index contributed by atoms with van der Waals surface area (Å²) in [6.07, 6.45) is 3.14. The van der Waals surface area contributed by atoms with Crippen LogP contribution in [-0.2, 0) is 6.54 Å². The van der Waals surface area contributed by atoms with E-state index in [1.54, 1.807) is 0 Å². The number of nitrogens with zero attached hydrogens (tertiary/aromatic N) is 2. The van der Waals surface area contributed by atoms with Crippen LogP contribution in [0.4, 0.5) is 0 Å². The van der Waals surface area contributed by atoms with E-state index >= 15 is 0 Å². The van der Waals surface area contributed by atoms with Gasteiger partial charge in [-0.1, -0.05) is 6.07 Å². The van der Waals surface area contributed by atoms with Crippen molar-refractivity contribution >= 4 is 12.4 Å². The Hall–Kier alpha value is -0.640. The van der Waals surface area contributed by atoms with E-state index in [2.05, 4.69) is 28.2 Å². The largest absolute Gasteiger partial charge is 0.316 e. The van der Waals surface area contributed by atoms with Crippen LogP contribution in [0, 0.1) is 6.92 Å². The van der Waals surface area contributed by atoms with Crippen molar-refractivity contribution in [3.63, 3.8) is 0 Å². The molecule has 1 fully saturated rings. The SMILES string of the molecule is CNC1CCN(Cc2ncccc2C)C1.Cl. The van der Waals surface area contributed by atoms with Crippen LogP contribution in [-0.4, -0.2) is 36.1 Å². The zero-order valence-corrected chi connectivity index (χ0v) is 10.8. The molecule has 0 bridgehead atoms. The number of hydrogen-bond acceptors (Lipinski definition) is 3. The number of likely N-dealkylation sites (N-methyl/N-ethyl adjacent to an activating group) is 1. The zero-order chi connectivity index (χ0) is 10.7. The number of hydrogen-bond donors (Lipinski definition) is 1. The monoisotopic (exact) mass is 241 g/mol. The van der Waals surface area contributed by atoms with Gasteiger partial charge in [-0.05, 0) is 32.0 Å². The molecule has 3 nitrogen and oxygen atoms in total. The summed E-state index contributed by atoms with van der Waals surface area (Å²) in [4.78, 5) is 6.90. The Bertz CT molecular complexity index is 330. The summed E-state index contributed by atoms with van der Waals surface area (Å²) in [7, 11) is 2.04. The van der Waals surface area contributed by atoms with Crippen LogP contribution in [0.1, 0.15) is 17.7 Å². The Morgan fingerprint density at radius 1 is 1.56 bits per heavy atom. The van der Waals surface area contributed by atoms with Gasteiger partial charge in [-0.3, -0.25) is 9.88 Å². The van der Waals surface area contributed by atoms with Gasteiger partial charge in [0.1, 0.15) is 0 Å². The lowest BCUT2D eigenvalue weighted by molar-refractivity contribution is 0.318. The lowest BCUT2D eigenvalue weighted by Crippen LogP contribution is -2.29. The normalized spacial score (nSPS) is 20.8. The molecule has 2 rings (SSSR count). The first-order valence-electron chi connectivity index (χ1n) is 5.59. The number of rotatable bonds is 3. The maximum Gasteiger partial charge on any atom is 0.0573 e. The van der Waals surface area contributed by atoms with E-state index < -0.39 is 0 Å². The van der Waals surface area contributed by atoms with Crippen molar-refractivity contribution in [2.24, 2.45) is 0 Å². The Morgan fingerprint density at radius 2 is 2.38 bits per heavy atom. The number of nitrogens with one attached hydrogen (secondary N) is 1. The molecule has 1 aliphatic rings. The minimum absolute atomic E-state index is 0. The van der Waals surface area contributed by atoms with Gasteiger partial charge in [0.2, 0.25) is 0 Å². The smallest absolute Gasteiger partial charge is 0.0573 e. The fraction of sp³-hybridized carbons (Fsp3) is 0.583. The summed E-state index contributed by atoms with van der Waals surface area (Å²) in [5, 5.41) is 3.33. The van der Waals surface area contributed by atoms with Crippen molar-refractivity contribution < 1.29 is 0 Å². The standard InChI is InChI=1S/C12H19N3.ClH/c1-10-4-3-6-14-12(10)9-15-7-5-11(8-15)13-2;/h3-4,6,11,13H,5,7-9H2,1-2H3;1H. The molecule has 2 heterocycles. The van der Waals surface area contributed by atoms with E-state index in [1.807, 2.05) is 19.3 Å². The molecule has 0 aromatic carbocycles. The first kappa shape index (κ1) is 13.4. The Balaban J connectivity index is 0.00000128. The molecule has 1 aromatic rings. The van der Waals surface area contributed by atoms with Crippen LogP contribution < -0.4 is 5.32 Å². The molecule has 0 amide bonds. The average Bonchev–Trinajstić information content (AvgIpc) is 2.69. The topological polar surface area (TPSA) is 28.2 Å². The number of aromatic nitrogens is 1. The van der Waals surface area contributed by atoms with Crippen molar-refractivity contribution in [3.05, 3.63) is 29.6 Å². The van der Waals surface area contributed by atoms with Gasteiger partial charge in [-0.2, -0.15) is 0 Å². The predicted molar refractivity (Wildman–Crippen MR) is 69.0 cm³/mol. The van der Waals surface area contributed by atoms with Crippen LogP contribution in [0.5, 0.6) is 0 Å². The molecule has 1 aromatic heterocycles. The van der Waals surface area contributed by atoms with Crippen molar-refractivity contribution in [2.75, 3.05) is 20.1 Å². The lowest BCUT2D eigenvalue weighted by atomic mass is 10.2. The summed E-state index contributed by atoms with van der Waals surface area (Å²) in [5.41, 5.74) is 2.51. The summed E-state index contributed by atoms with van der Waals surface area (Å²) in [6, 6.07) is 4.79. The number of aryl methyl sites for hydroxylation is 1. The highest BCUT2D eigenvalue weighted by Crippen LogP contribution is 2.13. The minimum atomic E-state index is 0. The molecular formula is C12H20ClN3. The molecule has 1 aliphatic heterocycles. The first-order chi connectivity index (χ1) is 7.29. The van der Waals surface area contributed by atoms with Crippen molar-refractivity contribution in [3.8, 4) is 0 Å². The quantitative estimate of drug-likeness (QED) is 0.872. The van der Waals surface area contributed by atoms with Crippen molar-refractivity contribution in [1.82, 2.24) is 15.2 Å². The van der Waals surface area contributed by atoms with Crippen LogP contribution in [0.15, 0.2) is 18.3 Å². The second kappa shape index (κ2) is 6.18. The van der Waals surface area contributed by atoms with E-state index in [-0.39, 0.29) is 12.4 Å². The average molecular weight is 242 g/mol. The fourth-order valence-electron chi connectivity index (χ4n) is 2.11. The van der Waals surface area contributed by atoms with E-state index in [9.17, 15) is 0 Å². The molecule has 1 saturated heterocycles. The van der Waals surface area contributed by atoms with Gasteiger partial charge in [-0.15, -0.1) is 12.4 Å². The van der Waals surface area contributed by atoms with Crippen LogP contribution in [0.25, 0.3) is 0 Å². The van der Waals surface area contributed by atoms with Crippen LogP contribution in [0.2, 0.25) is 0 Å². The van der Waals surface area contributed by atoms with Crippen LogP contribution in [0.3, 0.4) is 0 Å².